The highest BCUT2D eigenvalue weighted by Gasteiger charge is 2.32. The number of urea groups is 1. The molecule has 2 fully saturated rings. The number of amides is 2. The average molecular weight is 268 g/mol. The van der Waals surface area contributed by atoms with Crippen molar-refractivity contribution in [3.05, 3.63) is 0 Å². The highest BCUT2D eigenvalue weighted by molar-refractivity contribution is 5.76. The third kappa shape index (κ3) is 3.19. The number of aliphatic carboxylic acids is 1. The molecule has 2 rings (SSSR count). The molecule has 0 aromatic rings. The summed E-state index contributed by atoms with van der Waals surface area (Å²) in [5.74, 6) is -0.999. The number of carboxylic acids is 1. The van der Waals surface area contributed by atoms with Crippen LogP contribution in [0.5, 0.6) is 0 Å². The Morgan fingerprint density at radius 1 is 1.16 bits per heavy atom. The molecule has 19 heavy (non-hydrogen) atoms. The Morgan fingerprint density at radius 3 is 2.21 bits per heavy atom. The number of carboxylic acid groups (broad SMARTS) is 1. The first kappa shape index (κ1) is 14.2. The van der Waals surface area contributed by atoms with E-state index in [0.29, 0.717) is 32.0 Å². The minimum atomic E-state index is -0.727. The van der Waals surface area contributed by atoms with Gasteiger partial charge in [0.05, 0.1) is 5.92 Å². The summed E-state index contributed by atoms with van der Waals surface area (Å²) in [7, 11) is 0. The average Bonchev–Trinajstić information content (AvgIpc) is 2.93. The molecule has 0 aromatic carbocycles. The Balaban J connectivity index is 1.90. The van der Waals surface area contributed by atoms with Gasteiger partial charge in [-0.05, 0) is 32.6 Å². The third-order valence-electron chi connectivity index (χ3n) is 4.47. The molecule has 2 amide bonds. The van der Waals surface area contributed by atoms with Gasteiger partial charge in [0.25, 0.3) is 0 Å². The van der Waals surface area contributed by atoms with Crippen LogP contribution < -0.4 is 0 Å². The molecular formula is C14H24N2O3. The summed E-state index contributed by atoms with van der Waals surface area (Å²) in [6.07, 6.45) is 5.84. The van der Waals surface area contributed by atoms with Crippen molar-refractivity contribution in [2.24, 2.45) is 5.92 Å². The van der Waals surface area contributed by atoms with E-state index in [2.05, 4.69) is 0 Å². The van der Waals surface area contributed by atoms with Gasteiger partial charge in [0.2, 0.25) is 0 Å². The maximum Gasteiger partial charge on any atom is 0.320 e. The van der Waals surface area contributed by atoms with Gasteiger partial charge in [0, 0.05) is 25.7 Å². The summed E-state index contributed by atoms with van der Waals surface area (Å²) < 4.78 is 0. The van der Waals surface area contributed by atoms with Crippen LogP contribution in [0.4, 0.5) is 4.79 Å². The quantitative estimate of drug-likeness (QED) is 0.853. The number of carbonyl (C=O) groups is 2. The van der Waals surface area contributed by atoms with Crippen molar-refractivity contribution in [3.63, 3.8) is 0 Å². The molecule has 5 heteroatoms. The zero-order valence-corrected chi connectivity index (χ0v) is 11.7. The van der Waals surface area contributed by atoms with Crippen LogP contribution in [0.15, 0.2) is 0 Å². The van der Waals surface area contributed by atoms with Crippen LogP contribution in [-0.4, -0.2) is 52.6 Å². The largest absolute Gasteiger partial charge is 0.481 e. The highest BCUT2D eigenvalue weighted by atomic mass is 16.4. The molecule has 0 radical (unpaired) electrons. The van der Waals surface area contributed by atoms with E-state index in [4.69, 9.17) is 5.11 Å². The van der Waals surface area contributed by atoms with E-state index in [0.717, 1.165) is 19.4 Å². The molecule has 0 aromatic heterocycles. The number of likely N-dealkylation sites (tertiary alicyclic amines) is 1. The molecule has 1 aliphatic heterocycles. The van der Waals surface area contributed by atoms with Crippen molar-refractivity contribution in [1.82, 2.24) is 9.80 Å². The number of nitrogens with zero attached hydrogens (tertiary/aromatic N) is 2. The Kier molecular flexibility index (Phi) is 4.66. The molecule has 2 aliphatic rings. The summed E-state index contributed by atoms with van der Waals surface area (Å²) in [5, 5.41) is 8.98. The summed E-state index contributed by atoms with van der Waals surface area (Å²) in [6.45, 7) is 3.95. The number of piperidine rings is 1. The van der Waals surface area contributed by atoms with Crippen molar-refractivity contribution in [2.45, 2.75) is 51.5 Å². The molecule has 0 bridgehead atoms. The third-order valence-corrected chi connectivity index (χ3v) is 4.47. The normalized spacial score (nSPS) is 21.6. The molecule has 5 nitrogen and oxygen atoms in total. The van der Waals surface area contributed by atoms with Crippen LogP contribution in [0, 0.1) is 5.92 Å². The van der Waals surface area contributed by atoms with Gasteiger partial charge in [-0.25, -0.2) is 4.79 Å². The van der Waals surface area contributed by atoms with E-state index in [1.165, 1.54) is 12.8 Å². The first-order chi connectivity index (χ1) is 9.13. The lowest BCUT2D eigenvalue weighted by Gasteiger charge is -2.37. The maximum absolute atomic E-state index is 12.5. The molecule has 108 valence electrons. The molecule has 1 aliphatic carbocycles. The molecule has 0 atom stereocenters. The summed E-state index contributed by atoms with van der Waals surface area (Å²) in [6, 6.07) is 0.507. The van der Waals surface area contributed by atoms with Gasteiger partial charge < -0.3 is 14.9 Å². The lowest BCUT2D eigenvalue weighted by atomic mass is 9.97. The van der Waals surface area contributed by atoms with Gasteiger partial charge in [0.15, 0.2) is 0 Å². The van der Waals surface area contributed by atoms with Crippen molar-refractivity contribution in [1.29, 1.82) is 0 Å². The van der Waals surface area contributed by atoms with Crippen LogP contribution in [0.1, 0.15) is 45.4 Å². The first-order valence-corrected chi connectivity index (χ1v) is 7.41. The predicted molar refractivity (Wildman–Crippen MR) is 72.0 cm³/mol. The van der Waals surface area contributed by atoms with Gasteiger partial charge in [0.1, 0.15) is 0 Å². The van der Waals surface area contributed by atoms with Crippen LogP contribution in [0.2, 0.25) is 0 Å². The molecular weight excluding hydrogens is 244 g/mol. The van der Waals surface area contributed by atoms with E-state index in [9.17, 15) is 9.59 Å². The molecule has 1 N–H and O–H groups in total. The van der Waals surface area contributed by atoms with E-state index < -0.39 is 5.97 Å². The fourth-order valence-corrected chi connectivity index (χ4v) is 3.26. The SMILES string of the molecule is CCN(C(=O)N1CCC(C(=O)O)CC1)C1CCCC1. The summed E-state index contributed by atoms with van der Waals surface area (Å²) in [5.41, 5.74) is 0. The highest BCUT2D eigenvalue weighted by Crippen LogP contribution is 2.25. The van der Waals surface area contributed by atoms with E-state index in [-0.39, 0.29) is 11.9 Å². The molecule has 1 heterocycles. The number of rotatable bonds is 3. The van der Waals surface area contributed by atoms with Gasteiger partial charge in [-0.2, -0.15) is 0 Å². The number of carbonyl (C=O) groups excluding carboxylic acids is 1. The monoisotopic (exact) mass is 268 g/mol. The second-order valence-electron chi connectivity index (χ2n) is 5.61. The van der Waals surface area contributed by atoms with Gasteiger partial charge in [-0.15, -0.1) is 0 Å². The zero-order valence-electron chi connectivity index (χ0n) is 11.7. The molecule has 0 spiro atoms. The second-order valence-corrected chi connectivity index (χ2v) is 5.61. The van der Waals surface area contributed by atoms with Gasteiger partial charge >= 0.3 is 12.0 Å². The van der Waals surface area contributed by atoms with Crippen molar-refractivity contribution < 1.29 is 14.7 Å². The fourth-order valence-electron chi connectivity index (χ4n) is 3.26. The minimum absolute atomic E-state index is 0.109. The van der Waals surface area contributed by atoms with Crippen LogP contribution >= 0.6 is 0 Å². The lowest BCUT2D eigenvalue weighted by molar-refractivity contribution is -0.143. The fraction of sp³-hybridized carbons (Fsp3) is 0.857. The Hall–Kier alpha value is -1.26. The van der Waals surface area contributed by atoms with Crippen molar-refractivity contribution >= 4 is 12.0 Å². The first-order valence-electron chi connectivity index (χ1n) is 7.41. The second kappa shape index (κ2) is 6.26. The Morgan fingerprint density at radius 2 is 1.74 bits per heavy atom. The molecule has 1 saturated heterocycles. The Bertz CT molecular complexity index is 332. The summed E-state index contributed by atoms with van der Waals surface area (Å²) >= 11 is 0. The number of hydrogen-bond donors (Lipinski definition) is 1. The van der Waals surface area contributed by atoms with Crippen LogP contribution in [0.25, 0.3) is 0 Å². The van der Waals surface area contributed by atoms with Crippen molar-refractivity contribution in [3.8, 4) is 0 Å². The topological polar surface area (TPSA) is 60.9 Å². The summed E-state index contributed by atoms with van der Waals surface area (Å²) in [4.78, 5) is 27.2. The molecule has 0 unspecified atom stereocenters. The van der Waals surface area contributed by atoms with Crippen LogP contribution in [-0.2, 0) is 4.79 Å². The lowest BCUT2D eigenvalue weighted by Crippen LogP contribution is -2.50. The molecule has 1 saturated carbocycles. The van der Waals surface area contributed by atoms with Crippen molar-refractivity contribution in [2.75, 3.05) is 19.6 Å². The number of hydrogen-bond acceptors (Lipinski definition) is 2. The van der Waals surface area contributed by atoms with E-state index in [1.54, 1.807) is 0 Å². The smallest absolute Gasteiger partial charge is 0.320 e. The van der Waals surface area contributed by atoms with Gasteiger partial charge in [-0.3, -0.25) is 4.79 Å². The maximum atomic E-state index is 12.5. The van der Waals surface area contributed by atoms with E-state index in [1.807, 2.05) is 16.7 Å². The van der Waals surface area contributed by atoms with E-state index >= 15 is 0 Å². The zero-order chi connectivity index (χ0) is 13.8. The van der Waals surface area contributed by atoms with Crippen LogP contribution in [0.3, 0.4) is 0 Å². The minimum Gasteiger partial charge on any atom is -0.481 e. The van der Waals surface area contributed by atoms with Gasteiger partial charge in [-0.1, -0.05) is 12.8 Å². The predicted octanol–water partition coefficient (Wildman–Crippen LogP) is 2.17. The standard InChI is InChI=1S/C14H24N2O3/c1-2-16(12-5-3-4-6-12)14(19)15-9-7-11(8-10-15)13(17)18/h11-12H,2-10H2,1H3,(H,17,18). The Labute approximate surface area is 114 Å².